The second-order valence-electron chi connectivity index (χ2n) is 8.64. The molecule has 1 aliphatic rings. The van der Waals surface area contributed by atoms with Gasteiger partial charge in [-0.25, -0.2) is 0 Å². The second-order valence-corrected chi connectivity index (χ2v) is 9.74. The zero-order chi connectivity index (χ0) is 22.9. The fourth-order valence-electron chi connectivity index (χ4n) is 4.12. The van der Waals surface area contributed by atoms with Crippen molar-refractivity contribution >= 4 is 17.7 Å². The Morgan fingerprint density at radius 3 is 2.94 bits per heavy atom. The van der Waals surface area contributed by atoms with Gasteiger partial charge in [0.25, 0.3) is 0 Å². The normalized spacial score (nSPS) is 16.6. The van der Waals surface area contributed by atoms with E-state index >= 15 is 0 Å². The molecule has 174 valence electrons. The molecule has 4 rings (SSSR count). The number of likely N-dealkylation sites (tertiary alicyclic amines) is 1. The van der Waals surface area contributed by atoms with Crippen LogP contribution in [0.4, 0.5) is 0 Å². The Kier molecular flexibility index (Phi) is 8.55. The summed E-state index contributed by atoms with van der Waals surface area (Å²) in [7, 11) is 0. The molecule has 2 heterocycles. The summed E-state index contributed by atoms with van der Waals surface area (Å²) in [5.41, 5.74) is 3.47. The molecule has 0 radical (unpaired) electrons. The van der Waals surface area contributed by atoms with E-state index < -0.39 is 0 Å². The number of thioether (sulfide) groups is 1. The van der Waals surface area contributed by atoms with Crippen LogP contribution >= 0.6 is 11.8 Å². The number of carbonyl (C=O) groups excluding carboxylic acids is 1. The first-order valence-electron chi connectivity index (χ1n) is 11.7. The van der Waals surface area contributed by atoms with Crippen LogP contribution in [0, 0.1) is 12.8 Å². The number of piperidine rings is 1. The molecule has 2 aromatic carbocycles. The Bertz CT molecular complexity index is 1020. The third-order valence-corrected chi connectivity index (χ3v) is 6.97. The molecule has 1 aliphatic heterocycles. The van der Waals surface area contributed by atoms with Crippen LogP contribution in [0.3, 0.4) is 0 Å². The van der Waals surface area contributed by atoms with E-state index in [0.717, 1.165) is 56.0 Å². The maximum Gasteiger partial charge on any atom is 0.241 e. The predicted molar refractivity (Wildman–Crippen MR) is 133 cm³/mol. The van der Waals surface area contributed by atoms with Crippen molar-refractivity contribution in [2.75, 3.05) is 25.4 Å². The lowest BCUT2D eigenvalue weighted by Crippen LogP contribution is -2.43. The summed E-state index contributed by atoms with van der Waals surface area (Å²) in [6, 6.07) is 18.6. The highest BCUT2D eigenvalue weighted by molar-refractivity contribution is 7.98. The van der Waals surface area contributed by atoms with Crippen LogP contribution in [0.5, 0.6) is 0 Å². The van der Waals surface area contributed by atoms with Gasteiger partial charge in [0, 0.05) is 24.4 Å². The van der Waals surface area contributed by atoms with Gasteiger partial charge in [0.2, 0.25) is 17.6 Å². The summed E-state index contributed by atoms with van der Waals surface area (Å²) in [5.74, 6) is 3.47. The lowest BCUT2D eigenvalue weighted by molar-refractivity contribution is -0.126. The Morgan fingerprint density at radius 2 is 2.09 bits per heavy atom. The van der Waals surface area contributed by atoms with Crippen molar-refractivity contribution in [3.63, 3.8) is 0 Å². The van der Waals surface area contributed by atoms with Crippen molar-refractivity contribution < 1.29 is 9.32 Å². The van der Waals surface area contributed by atoms with Crippen LogP contribution < -0.4 is 5.32 Å². The minimum absolute atomic E-state index is 0.0230. The SMILES string of the molecule is Cc1cccc(-c2noc(CN3CCCC(C(=O)NCCCSCc4ccccc4)C3)n2)c1. The smallest absolute Gasteiger partial charge is 0.241 e. The number of carbonyl (C=O) groups is 1. The quantitative estimate of drug-likeness (QED) is 0.439. The van der Waals surface area contributed by atoms with Crippen molar-refractivity contribution in [3.05, 3.63) is 71.6 Å². The highest BCUT2D eigenvalue weighted by Gasteiger charge is 2.26. The molecule has 0 bridgehead atoms. The minimum Gasteiger partial charge on any atom is -0.356 e. The first kappa shape index (κ1) is 23.5. The van der Waals surface area contributed by atoms with Gasteiger partial charge in [-0.1, -0.05) is 59.3 Å². The molecule has 0 spiro atoms. The third kappa shape index (κ3) is 7.17. The molecule has 6 nitrogen and oxygen atoms in total. The summed E-state index contributed by atoms with van der Waals surface area (Å²) in [6.45, 7) is 5.05. The average molecular weight is 465 g/mol. The fraction of sp³-hybridized carbons (Fsp3) is 0.423. The van der Waals surface area contributed by atoms with E-state index in [4.69, 9.17) is 4.52 Å². The second kappa shape index (κ2) is 12.0. The van der Waals surface area contributed by atoms with Gasteiger partial charge in [0.15, 0.2) is 0 Å². The van der Waals surface area contributed by atoms with Gasteiger partial charge in [-0.15, -0.1) is 0 Å². The fourth-order valence-corrected chi connectivity index (χ4v) is 5.04. The van der Waals surface area contributed by atoms with Crippen LogP contribution in [-0.2, 0) is 17.1 Å². The summed E-state index contributed by atoms with van der Waals surface area (Å²) >= 11 is 1.91. The van der Waals surface area contributed by atoms with Crippen LogP contribution in [0.2, 0.25) is 0 Å². The maximum atomic E-state index is 12.7. The number of hydrogen-bond acceptors (Lipinski definition) is 6. The standard InChI is InChI=1S/C26H32N4O2S/c1-20-8-5-11-22(16-20)25-28-24(32-29-25)18-30-14-6-12-23(17-30)26(31)27-13-7-15-33-19-21-9-3-2-4-10-21/h2-5,8-11,16,23H,6-7,12-15,17-19H2,1H3,(H,27,31). The van der Waals surface area contributed by atoms with E-state index in [1.54, 1.807) is 0 Å². The van der Waals surface area contributed by atoms with Gasteiger partial charge in [0.05, 0.1) is 12.5 Å². The number of benzene rings is 2. The third-order valence-electron chi connectivity index (χ3n) is 5.86. The molecule has 0 saturated carbocycles. The molecule has 1 unspecified atom stereocenters. The van der Waals surface area contributed by atoms with Crippen molar-refractivity contribution in [1.82, 2.24) is 20.4 Å². The topological polar surface area (TPSA) is 71.3 Å². The highest BCUT2D eigenvalue weighted by atomic mass is 32.2. The van der Waals surface area contributed by atoms with E-state index in [2.05, 4.69) is 50.7 Å². The molecule has 1 atom stereocenters. The molecule has 7 heteroatoms. The van der Waals surface area contributed by atoms with Gasteiger partial charge < -0.3 is 9.84 Å². The lowest BCUT2D eigenvalue weighted by atomic mass is 9.97. The molecule has 1 fully saturated rings. The van der Waals surface area contributed by atoms with E-state index in [0.29, 0.717) is 18.3 Å². The Morgan fingerprint density at radius 1 is 1.21 bits per heavy atom. The van der Waals surface area contributed by atoms with Crippen LogP contribution in [-0.4, -0.2) is 46.3 Å². The largest absolute Gasteiger partial charge is 0.356 e. The number of nitrogens with one attached hydrogen (secondary N) is 1. The molecule has 3 aromatic rings. The zero-order valence-corrected chi connectivity index (χ0v) is 20.0. The molecule has 0 aliphatic carbocycles. The highest BCUT2D eigenvalue weighted by Crippen LogP contribution is 2.21. The van der Waals surface area contributed by atoms with Gasteiger partial charge in [-0.05, 0) is 50.1 Å². The Hall–Kier alpha value is -2.64. The number of amides is 1. The van der Waals surface area contributed by atoms with Gasteiger partial charge in [-0.2, -0.15) is 16.7 Å². The van der Waals surface area contributed by atoms with Gasteiger partial charge in [-0.3, -0.25) is 9.69 Å². The van der Waals surface area contributed by atoms with Crippen LogP contribution in [0.15, 0.2) is 59.1 Å². The monoisotopic (exact) mass is 464 g/mol. The first-order chi connectivity index (χ1) is 16.2. The lowest BCUT2D eigenvalue weighted by Gasteiger charge is -2.30. The molecular weight excluding hydrogens is 432 g/mol. The number of aromatic nitrogens is 2. The Labute approximate surface area is 200 Å². The van der Waals surface area contributed by atoms with Crippen LogP contribution in [0.1, 0.15) is 36.3 Å². The summed E-state index contributed by atoms with van der Waals surface area (Å²) < 4.78 is 5.49. The molecule has 33 heavy (non-hydrogen) atoms. The minimum atomic E-state index is 0.0230. The summed E-state index contributed by atoms with van der Waals surface area (Å²) in [5, 5.41) is 7.27. The molecule has 1 N–H and O–H groups in total. The number of rotatable bonds is 10. The van der Waals surface area contributed by atoms with Gasteiger partial charge >= 0.3 is 0 Å². The Balaban J connectivity index is 1.17. The number of hydrogen-bond donors (Lipinski definition) is 1. The average Bonchev–Trinajstić information content (AvgIpc) is 3.30. The van der Waals surface area contributed by atoms with Crippen molar-refractivity contribution in [1.29, 1.82) is 0 Å². The maximum absolute atomic E-state index is 12.7. The van der Waals surface area contributed by atoms with E-state index in [1.807, 2.05) is 43.0 Å². The van der Waals surface area contributed by atoms with Crippen molar-refractivity contribution in [2.24, 2.45) is 5.92 Å². The number of nitrogens with zero attached hydrogens (tertiary/aromatic N) is 3. The molecule has 1 saturated heterocycles. The number of aryl methyl sites for hydroxylation is 1. The van der Waals surface area contributed by atoms with E-state index in [-0.39, 0.29) is 11.8 Å². The van der Waals surface area contributed by atoms with E-state index in [1.165, 1.54) is 11.1 Å². The van der Waals surface area contributed by atoms with Crippen LogP contribution in [0.25, 0.3) is 11.4 Å². The van der Waals surface area contributed by atoms with Crippen molar-refractivity contribution in [3.8, 4) is 11.4 Å². The summed E-state index contributed by atoms with van der Waals surface area (Å²) in [4.78, 5) is 19.5. The van der Waals surface area contributed by atoms with Gasteiger partial charge in [0.1, 0.15) is 0 Å². The molecule has 1 aromatic heterocycles. The molecule has 1 amide bonds. The predicted octanol–water partition coefficient (Wildman–Crippen LogP) is 4.70. The first-order valence-corrected chi connectivity index (χ1v) is 12.8. The summed E-state index contributed by atoms with van der Waals surface area (Å²) in [6.07, 6.45) is 2.93. The van der Waals surface area contributed by atoms with E-state index in [9.17, 15) is 4.79 Å². The zero-order valence-electron chi connectivity index (χ0n) is 19.2. The van der Waals surface area contributed by atoms with Crippen molar-refractivity contribution in [2.45, 2.75) is 38.5 Å². The molecular formula is C26H32N4O2S.